The third-order valence-corrected chi connectivity index (χ3v) is 6.23. The van der Waals surface area contributed by atoms with Gasteiger partial charge in [-0.05, 0) is 44.0 Å². The molecule has 0 saturated heterocycles. The first-order valence-electron chi connectivity index (χ1n) is 10.3. The van der Waals surface area contributed by atoms with Crippen LogP contribution in [0.25, 0.3) is 20.2 Å². The molecule has 0 fully saturated rings. The zero-order valence-electron chi connectivity index (χ0n) is 16.7. The Morgan fingerprint density at radius 3 is 2.50 bits per heavy atom. The highest BCUT2D eigenvalue weighted by Crippen LogP contribution is 2.27. The Morgan fingerprint density at radius 2 is 1.68 bits per heavy atom. The fourth-order valence-electron chi connectivity index (χ4n) is 3.53. The van der Waals surface area contributed by atoms with Crippen molar-refractivity contribution in [1.29, 1.82) is 0 Å². The van der Waals surface area contributed by atoms with Crippen molar-refractivity contribution in [3.8, 4) is 0 Å². The van der Waals surface area contributed by atoms with E-state index in [4.69, 9.17) is 4.74 Å². The summed E-state index contributed by atoms with van der Waals surface area (Å²) in [7, 11) is 0. The first kappa shape index (κ1) is 20.5. The van der Waals surface area contributed by atoms with Gasteiger partial charge in [0, 0.05) is 14.8 Å². The number of unbranched alkanes of at least 4 members (excludes halogenated alkanes) is 5. The maximum atomic E-state index is 13.0. The van der Waals surface area contributed by atoms with Gasteiger partial charge in [-0.3, -0.25) is 4.79 Å². The molecule has 0 aliphatic rings. The van der Waals surface area contributed by atoms with Gasteiger partial charge in [-0.25, -0.2) is 4.79 Å². The summed E-state index contributed by atoms with van der Waals surface area (Å²) in [5.74, 6) is -0.399. The predicted molar refractivity (Wildman–Crippen MR) is 118 cm³/mol. The standard InChI is InChI=1S/C24H28O3S/c1-3-4-5-6-7-8-12-17(2)27-24(26)19-14-11-16-21-22(19)23(25)18-13-9-10-15-20(18)28-21/h9-11,13-17H,3-8,12H2,1-2H3. The summed E-state index contributed by atoms with van der Waals surface area (Å²) in [6.45, 7) is 4.15. The number of carbonyl (C=O) groups is 1. The van der Waals surface area contributed by atoms with E-state index < -0.39 is 5.97 Å². The summed E-state index contributed by atoms with van der Waals surface area (Å²) in [5.41, 5.74) is 0.278. The number of fused-ring (bicyclic) bond motifs is 2. The molecule has 2 aromatic carbocycles. The molecular weight excluding hydrogens is 368 g/mol. The SMILES string of the molecule is CCCCCCCCC(C)OC(=O)c1cccc2sc3ccccc3c(=O)c12. The summed E-state index contributed by atoms with van der Waals surface area (Å²) < 4.78 is 7.42. The van der Waals surface area contributed by atoms with Crippen molar-refractivity contribution in [2.45, 2.75) is 64.9 Å². The van der Waals surface area contributed by atoms with E-state index in [2.05, 4.69) is 6.92 Å². The average molecular weight is 397 g/mol. The summed E-state index contributed by atoms with van der Waals surface area (Å²) in [5, 5.41) is 1.13. The second-order valence-corrected chi connectivity index (χ2v) is 8.46. The molecule has 0 saturated carbocycles. The lowest BCUT2D eigenvalue weighted by atomic mass is 10.1. The van der Waals surface area contributed by atoms with Gasteiger partial charge >= 0.3 is 5.97 Å². The summed E-state index contributed by atoms with van der Waals surface area (Å²) in [6, 6.07) is 12.9. The molecule has 1 unspecified atom stereocenters. The van der Waals surface area contributed by atoms with Crippen LogP contribution in [0.1, 0.15) is 69.2 Å². The number of benzene rings is 2. The highest BCUT2D eigenvalue weighted by atomic mass is 32.1. The fraction of sp³-hybridized carbons (Fsp3) is 0.417. The second kappa shape index (κ2) is 9.83. The topological polar surface area (TPSA) is 43.4 Å². The summed E-state index contributed by atoms with van der Waals surface area (Å²) in [6.07, 6.45) is 8.01. The molecule has 0 aliphatic heterocycles. The van der Waals surface area contributed by atoms with E-state index in [1.54, 1.807) is 6.07 Å². The van der Waals surface area contributed by atoms with E-state index in [1.165, 1.54) is 43.4 Å². The van der Waals surface area contributed by atoms with Crippen molar-refractivity contribution < 1.29 is 9.53 Å². The number of hydrogen-bond acceptors (Lipinski definition) is 4. The van der Waals surface area contributed by atoms with Crippen molar-refractivity contribution in [3.63, 3.8) is 0 Å². The number of ether oxygens (including phenoxy) is 1. The Hall–Kier alpha value is -2.20. The third kappa shape index (κ3) is 4.79. The molecule has 148 valence electrons. The average Bonchev–Trinajstić information content (AvgIpc) is 2.70. The smallest absolute Gasteiger partial charge is 0.339 e. The number of hydrogen-bond donors (Lipinski definition) is 0. The summed E-state index contributed by atoms with van der Waals surface area (Å²) >= 11 is 1.53. The van der Waals surface area contributed by atoms with Crippen LogP contribution in [0.2, 0.25) is 0 Å². The minimum atomic E-state index is -0.399. The van der Waals surface area contributed by atoms with Crippen LogP contribution in [0.5, 0.6) is 0 Å². The minimum absolute atomic E-state index is 0.0968. The zero-order valence-corrected chi connectivity index (χ0v) is 17.5. The van der Waals surface area contributed by atoms with Crippen LogP contribution >= 0.6 is 11.3 Å². The van der Waals surface area contributed by atoms with Crippen LogP contribution in [-0.4, -0.2) is 12.1 Å². The normalized spacial score (nSPS) is 12.4. The van der Waals surface area contributed by atoms with Crippen molar-refractivity contribution >= 4 is 37.5 Å². The monoisotopic (exact) mass is 396 g/mol. The van der Waals surface area contributed by atoms with Crippen molar-refractivity contribution in [2.75, 3.05) is 0 Å². The molecule has 3 rings (SSSR count). The number of rotatable bonds is 9. The Kier molecular flexibility index (Phi) is 7.21. The summed E-state index contributed by atoms with van der Waals surface area (Å²) in [4.78, 5) is 25.8. The third-order valence-electron chi connectivity index (χ3n) is 5.10. The van der Waals surface area contributed by atoms with Crippen molar-refractivity contribution in [2.24, 2.45) is 0 Å². The van der Waals surface area contributed by atoms with E-state index in [0.29, 0.717) is 16.3 Å². The predicted octanol–water partition coefficient (Wildman–Crippen LogP) is 6.71. The lowest BCUT2D eigenvalue weighted by Gasteiger charge is -2.14. The van der Waals surface area contributed by atoms with Crippen LogP contribution in [0.4, 0.5) is 0 Å². The molecule has 3 nitrogen and oxygen atoms in total. The number of esters is 1. The Morgan fingerprint density at radius 1 is 0.964 bits per heavy atom. The van der Waals surface area contributed by atoms with Crippen LogP contribution in [0, 0.1) is 0 Å². The molecule has 1 heterocycles. The van der Waals surface area contributed by atoms with Gasteiger partial charge < -0.3 is 4.74 Å². The van der Waals surface area contributed by atoms with E-state index in [0.717, 1.165) is 22.2 Å². The molecule has 3 aromatic rings. The highest BCUT2D eigenvalue weighted by Gasteiger charge is 2.18. The molecule has 0 bridgehead atoms. The Balaban J connectivity index is 1.73. The van der Waals surface area contributed by atoms with Gasteiger partial charge in [0.25, 0.3) is 0 Å². The van der Waals surface area contributed by atoms with Gasteiger partial charge in [0.05, 0.1) is 17.1 Å². The fourth-order valence-corrected chi connectivity index (χ4v) is 4.64. The maximum absolute atomic E-state index is 13.0. The first-order valence-corrected chi connectivity index (χ1v) is 11.1. The molecule has 1 atom stereocenters. The van der Waals surface area contributed by atoms with Crippen LogP contribution in [-0.2, 0) is 4.74 Å². The Bertz CT molecular complexity index is 1010. The molecule has 4 heteroatoms. The molecule has 0 spiro atoms. The molecule has 0 amide bonds. The largest absolute Gasteiger partial charge is 0.459 e. The molecule has 0 N–H and O–H groups in total. The van der Waals surface area contributed by atoms with Crippen molar-refractivity contribution in [3.05, 3.63) is 58.3 Å². The van der Waals surface area contributed by atoms with Gasteiger partial charge in [-0.15, -0.1) is 11.3 Å². The molecule has 1 aromatic heterocycles. The minimum Gasteiger partial charge on any atom is -0.459 e. The van der Waals surface area contributed by atoms with Crippen LogP contribution in [0.15, 0.2) is 47.3 Å². The van der Waals surface area contributed by atoms with E-state index in [-0.39, 0.29) is 11.5 Å². The number of carbonyl (C=O) groups excluding carboxylic acids is 1. The van der Waals surface area contributed by atoms with Gasteiger partial charge in [-0.1, -0.05) is 57.2 Å². The molecule has 0 aliphatic carbocycles. The van der Waals surface area contributed by atoms with E-state index in [9.17, 15) is 9.59 Å². The first-order chi connectivity index (χ1) is 13.6. The molecule has 28 heavy (non-hydrogen) atoms. The van der Waals surface area contributed by atoms with Crippen LogP contribution in [0.3, 0.4) is 0 Å². The van der Waals surface area contributed by atoms with Gasteiger partial charge in [0.1, 0.15) is 0 Å². The molecule has 0 radical (unpaired) electrons. The van der Waals surface area contributed by atoms with Crippen LogP contribution < -0.4 is 5.43 Å². The van der Waals surface area contributed by atoms with Gasteiger partial charge in [0.2, 0.25) is 0 Å². The Labute approximate surface area is 170 Å². The lowest BCUT2D eigenvalue weighted by Crippen LogP contribution is -2.17. The van der Waals surface area contributed by atoms with Gasteiger partial charge in [-0.2, -0.15) is 0 Å². The quantitative estimate of drug-likeness (QED) is 0.229. The van der Waals surface area contributed by atoms with E-state index >= 15 is 0 Å². The zero-order chi connectivity index (χ0) is 19.9. The maximum Gasteiger partial charge on any atom is 0.339 e. The lowest BCUT2D eigenvalue weighted by molar-refractivity contribution is 0.0321. The van der Waals surface area contributed by atoms with E-state index in [1.807, 2.05) is 43.3 Å². The second-order valence-electron chi connectivity index (χ2n) is 7.38. The highest BCUT2D eigenvalue weighted by molar-refractivity contribution is 7.24. The van der Waals surface area contributed by atoms with Gasteiger partial charge in [0.15, 0.2) is 5.43 Å². The van der Waals surface area contributed by atoms with Crippen molar-refractivity contribution in [1.82, 2.24) is 0 Å². The molecular formula is C24H28O3S.